The Morgan fingerprint density at radius 3 is 2.81 bits per heavy atom. The van der Waals surface area contributed by atoms with Crippen LogP contribution in [0.2, 0.25) is 0 Å². The summed E-state index contributed by atoms with van der Waals surface area (Å²) in [6.07, 6.45) is 6.56. The second-order valence-electron chi connectivity index (χ2n) is 4.95. The minimum Gasteiger partial charge on any atom is -0.467 e. The number of hydrogen-bond acceptors (Lipinski definition) is 4. The number of aromatic nitrogens is 2. The molecule has 0 aliphatic carbocycles. The fourth-order valence-corrected chi connectivity index (χ4v) is 3.25. The van der Waals surface area contributed by atoms with Crippen LogP contribution in [0.25, 0.3) is 0 Å². The molecule has 1 unspecified atom stereocenters. The molecular weight excluding hydrogens is 282 g/mol. The molecule has 1 N–H and O–H groups in total. The van der Waals surface area contributed by atoms with Crippen LogP contribution in [0, 0.1) is 0 Å². The van der Waals surface area contributed by atoms with Gasteiger partial charge in [0.05, 0.1) is 6.26 Å². The van der Waals surface area contributed by atoms with E-state index in [4.69, 9.17) is 4.42 Å². The summed E-state index contributed by atoms with van der Waals surface area (Å²) in [4.78, 5) is 7.20. The normalized spacial score (nSPS) is 12.7. The summed E-state index contributed by atoms with van der Waals surface area (Å²) in [5, 5.41) is 3.55. The Morgan fingerprint density at radius 2 is 2.19 bits per heavy atom. The fourth-order valence-electron chi connectivity index (χ4n) is 2.34. The van der Waals surface area contributed by atoms with Crippen molar-refractivity contribution in [3.8, 4) is 0 Å². The largest absolute Gasteiger partial charge is 0.467 e. The predicted molar refractivity (Wildman–Crippen MR) is 84.3 cm³/mol. The van der Waals surface area contributed by atoms with E-state index in [2.05, 4.69) is 29.4 Å². The van der Waals surface area contributed by atoms with Crippen LogP contribution in [-0.4, -0.2) is 9.55 Å². The summed E-state index contributed by atoms with van der Waals surface area (Å²) in [7, 11) is 2.00. The van der Waals surface area contributed by atoms with Gasteiger partial charge in [-0.15, -0.1) is 11.3 Å². The highest BCUT2D eigenvalue weighted by atomic mass is 32.1. The molecule has 3 rings (SSSR count). The quantitative estimate of drug-likeness (QED) is 0.757. The first-order chi connectivity index (χ1) is 10.3. The van der Waals surface area contributed by atoms with Crippen molar-refractivity contribution in [2.75, 3.05) is 0 Å². The highest BCUT2D eigenvalue weighted by molar-refractivity contribution is 7.11. The van der Waals surface area contributed by atoms with E-state index in [1.54, 1.807) is 6.26 Å². The topological polar surface area (TPSA) is 43.0 Å². The van der Waals surface area contributed by atoms with Crippen LogP contribution >= 0.6 is 11.3 Å². The molecule has 0 amide bonds. The summed E-state index contributed by atoms with van der Waals surface area (Å²) >= 11 is 1.85. The third-order valence-electron chi connectivity index (χ3n) is 3.49. The van der Waals surface area contributed by atoms with Gasteiger partial charge in [0.1, 0.15) is 17.6 Å². The van der Waals surface area contributed by atoms with Crippen LogP contribution in [0.1, 0.15) is 34.3 Å². The molecule has 0 aliphatic rings. The third-order valence-corrected chi connectivity index (χ3v) is 4.72. The van der Waals surface area contributed by atoms with E-state index in [0.717, 1.165) is 24.6 Å². The van der Waals surface area contributed by atoms with Gasteiger partial charge >= 0.3 is 0 Å². The van der Waals surface area contributed by atoms with E-state index in [1.807, 2.05) is 47.5 Å². The van der Waals surface area contributed by atoms with E-state index >= 15 is 0 Å². The molecule has 0 saturated heterocycles. The first kappa shape index (κ1) is 14.1. The van der Waals surface area contributed by atoms with Gasteiger partial charge in [-0.2, -0.15) is 0 Å². The summed E-state index contributed by atoms with van der Waals surface area (Å²) in [6.45, 7) is 2.99. The van der Waals surface area contributed by atoms with Gasteiger partial charge in [-0.05, 0) is 30.7 Å². The lowest BCUT2D eigenvalue weighted by atomic mass is 10.2. The van der Waals surface area contributed by atoms with E-state index < -0.39 is 0 Å². The van der Waals surface area contributed by atoms with E-state index in [1.165, 1.54) is 9.75 Å². The second-order valence-corrected chi connectivity index (χ2v) is 6.20. The summed E-state index contributed by atoms with van der Waals surface area (Å²) in [6, 6.07) is 8.25. The van der Waals surface area contributed by atoms with Gasteiger partial charge in [0.2, 0.25) is 0 Å². The van der Waals surface area contributed by atoms with Crippen molar-refractivity contribution < 1.29 is 4.42 Å². The lowest BCUT2D eigenvalue weighted by molar-refractivity contribution is 0.430. The molecule has 0 spiro atoms. The van der Waals surface area contributed by atoms with Gasteiger partial charge in [0, 0.05) is 35.7 Å². The monoisotopic (exact) mass is 301 g/mol. The SMILES string of the molecule is CCc1ccc(CNC(c2ccco2)c2nccn2C)s1. The zero-order chi connectivity index (χ0) is 14.7. The highest BCUT2D eigenvalue weighted by Gasteiger charge is 2.20. The van der Waals surface area contributed by atoms with Gasteiger partial charge in [0.15, 0.2) is 0 Å². The van der Waals surface area contributed by atoms with E-state index in [9.17, 15) is 0 Å². The Morgan fingerprint density at radius 1 is 1.33 bits per heavy atom. The molecule has 1 atom stereocenters. The average molecular weight is 301 g/mol. The Labute approximate surface area is 128 Å². The second kappa shape index (κ2) is 6.28. The lowest BCUT2D eigenvalue weighted by Crippen LogP contribution is -2.24. The van der Waals surface area contributed by atoms with Gasteiger partial charge in [-0.3, -0.25) is 5.32 Å². The number of nitrogens with zero attached hydrogens (tertiary/aromatic N) is 2. The predicted octanol–water partition coefficient (Wildman–Crippen LogP) is 3.52. The summed E-state index contributed by atoms with van der Waals surface area (Å²) in [5.74, 6) is 1.84. The van der Waals surface area contributed by atoms with Crippen LogP contribution in [0.15, 0.2) is 47.3 Å². The maximum Gasteiger partial charge on any atom is 0.133 e. The van der Waals surface area contributed by atoms with Crippen LogP contribution < -0.4 is 5.32 Å². The Bertz CT molecular complexity index is 684. The third kappa shape index (κ3) is 3.09. The molecule has 3 aromatic heterocycles. The number of rotatable bonds is 6. The zero-order valence-electron chi connectivity index (χ0n) is 12.2. The Hall–Kier alpha value is -1.85. The van der Waals surface area contributed by atoms with Crippen molar-refractivity contribution in [2.24, 2.45) is 7.05 Å². The minimum atomic E-state index is -0.0350. The van der Waals surface area contributed by atoms with Crippen molar-refractivity contribution in [2.45, 2.75) is 25.9 Å². The maximum atomic E-state index is 5.58. The molecule has 0 aliphatic heterocycles. The first-order valence-electron chi connectivity index (χ1n) is 7.09. The van der Waals surface area contributed by atoms with Crippen molar-refractivity contribution >= 4 is 11.3 Å². The fraction of sp³-hybridized carbons (Fsp3) is 0.312. The van der Waals surface area contributed by atoms with Gasteiger partial charge in [-0.25, -0.2) is 4.98 Å². The van der Waals surface area contributed by atoms with Crippen molar-refractivity contribution in [1.29, 1.82) is 0 Å². The highest BCUT2D eigenvalue weighted by Crippen LogP contribution is 2.23. The number of imidazole rings is 1. The van der Waals surface area contributed by atoms with Crippen molar-refractivity contribution in [3.05, 3.63) is 64.3 Å². The lowest BCUT2D eigenvalue weighted by Gasteiger charge is -2.16. The maximum absolute atomic E-state index is 5.58. The summed E-state index contributed by atoms with van der Waals surface area (Å²) in [5.41, 5.74) is 0. The van der Waals surface area contributed by atoms with E-state index in [-0.39, 0.29) is 6.04 Å². The minimum absolute atomic E-state index is 0.0350. The number of hydrogen-bond donors (Lipinski definition) is 1. The van der Waals surface area contributed by atoms with Crippen molar-refractivity contribution in [3.63, 3.8) is 0 Å². The molecule has 3 heterocycles. The number of nitrogens with one attached hydrogen (secondary N) is 1. The molecule has 0 fully saturated rings. The molecular formula is C16H19N3OS. The van der Waals surface area contributed by atoms with Crippen LogP contribution in [0.5, 0.6) is 0 Å². The number of furan rings is 1. The molecule has 110 valence electrons. The molecule has 0 bridgehead atoms. The van der Waals surface area contributed by atoms with Crippen molar-refractivity contribution in [1.82, 2.24) is 14.9 Å². The zero-order valence-corrected chi connectivity index (χ0v) is 13.1. The molecule has 21 heavy (non-hydrogen) atoms. The van der Waals surface area contributed by atoms with Crippen LogP contribution in [-0.2, 0) is 20.0 Å². The molecule has 4 nitrogen and oxygen atoms in total. The Balaban J connectivity index is 1.78. The molecule has 3 aromatic rings. The van der Waals surface area contributed by atoms with Gasteiger partial charge in [-0.1, -0.05) is 6.92 Å². The molecule has 5 heteroatoms. The average Bonchev–Trinajstić information content (AvgIpc) is 3.22. The van der Waals surface area contributed by atoms with Crippen LogP contribution in [0.3, 0.4) is 0 Å². The molecule has 0 radical (unpaired) electrons. The standard InChI is InChI=1S/C16H19N3OS/c1-3-12-6-7-13(21-12)11-18-15(14-5-4-10-20-14)16-17-8-9-19(16)2/h4-10,15,18H,3,11H2,1-2H3. The summed E-state index contributed by atoms with van der Waals surface area (Å²) < 4.78 is 7.60. The molecule has 0 aromatic carbocycles. The van der Waals surface area contributed by atoms with Crippen LogP contribution in [0.4, 0.5) is 0 Å². The Kier molecular flexibility index (Phi) is 4.22. The first-order valence-corrected chi connectivity index (χ1v) is 7.91. The number of thiophene rings is 1. The van der Waals surface area contributed by atoms with Gasteiger partial charge in [0.25, 0.3) is 0 Å². The molecule has 0 saturated carbocycles. The number of aryl methyl sites for hydroxylation is 2. The smallest absolute Gasteiger partial charge is 0.133 e. The van der Waals surface area contributed by atoms with E-state index in [0.29, 0.717) is 0 Å². The van der Waals surface area contributed by atoms with Gasteiger partial charge < -0.3 is 8.98 Å².